The number of benzene rings is 2. The summed E-state index contributed by atoms with van der Waals surface area (Å²) in [4.78, 5) is 19.0. The van der Waals surface area contributed by atoms with Gasteiger partial charge in [-0.25, -0.2) is 4.39 Å². The molecule has 0 aliphatic carbocycles. The number of carbonyl (C=O) groups excluding carboxylic acids is 1. The molecule has 0 saturated carbocycles. The van der Waals surface area contributed by atoms with Gasteiger partial charge in [-0.15, -0.1) is 0 Å². The summed E-state index contributed by atoms with van der Waals surface area (Å²) in [5, 5.41) is 26.2. The number of halogens is 2. The van der Waals surface area contributed by atoms with Crippen LogP contribution in [0.2, 0.25) is 5.02 Å². The number of carbonyl (C=O) groups is 1. The zero-order valence-corrected chi connectivity index (χ0v) is 19.1. The van der Waals surface area contributed by atoms with E-state index in [9.17, 15) is 19.6 Å². The van der Waals surface area contributed by atoms with Gasteiger partial charge in [0.05, 0.1) is 27.5 Å². The third kappa shape index (κ3) is 5.45. The zero-order valence-electron chi connectivity index (χ0n) is 18.3. The van der Waals surface area contributed by atoms with Crippen LogP contribution >= 0.6 is 11.6 Å². The minimum absolute atomic E-state index is 0.0659. The van der Waals surface area contributed by atoms with Gasteiger partial charge in [0.15, 0.2) is 0 Å². The number of phenols is 1. The lowest BCUT2D eigenvalue weighted by atomic mass is 10.1. The van der Waals surface area contributed by atoms with E-state index < -0.39 is 5.82 Å². The number of pyridine rings is 1. The predicted molar refractivity (Wildman–Crippen MR) is 131 cm³/mol. The van der Waals surface area contributed by atoms with Crippen LogP contribution in [0.5, 0.6) is 5.75 Å². The Hall–Kier alpha value is -3.67. The smallest absolute Gasteiger partial charge is 0.248 e. The van der Waals surface area contributed by atoms with Gasteiger partial charge in [-0.1, -0.05) is 24.1 Å². The summed E-state index contributed by atoms with van der Waals surface area (Å²) in [5.41, 5.74) is 1.68. The van der Waals surface area contributed by atoms with E-state index in [1.54, 1.807) is 12.1 Å². The Bertz CT molecular complexity index is 1300. The predicted octanol–water partition coefficient (Wildman–Crippen LogP) is 5.33. The van der Waals surface area contributed by atoms with E-state index in [4.69, 9.17) is 11.6 Å². The molecular weight excluding hydrogens is 457 g/mol. The summed E-state index contributed by atoms with van der Waals surface area (Å²) >= 11 is 5.88. The van der Waals surface area contributed by atoms with E-state index >= 15 is 0 Å². The standard InChI is InChI=1S/C25H23ClFN5O2/c26-19-11-17(6-7-20(19)27)30-25-16(14-28)15-29-21-13-23(33)22(12-18(21)25)31-24(34)5-4-10-32-8-2-1-3-9-32/h4-7,11-13,15,33H,1-3,8-10H2,(H,29,30)(H,31,34)/b5-4+. The summed E-state index contributed by atoms with van der Waals surface area (Å²) < 4.78 is 13.6. The maximum atomic E-state index is 13.6. The van der Waals surface area contributed by atoms with Crippen LogP contribution in [0.4, 0.5) is 21.5 Å². The minimum atomic E-state index is -0.560. The Kier molecular flexibility index (Phi) is 7.26. The highest BCUT2D eigenvalue weighted by molar-refractivity contribution is 6.31. The molecule has 174 valence electrons. The molecule has 7 nitrogen and oxygen atoms in total. The van der Waals surface area contributed by atoms with Crippen molar-refractivity contribution in [2.75, 3.05) is 30.3 Å². The number of hydrogen-bond acceptors (Lipinski definition) is 6. The van der Waals surface area contributed by atoms with E-state index in [1.807, 2.05) is 0 Å². The molecule has 9 heteroatoms. The van der Waals surface area contributed by atoms with Crippen molar-refractivity contribution in [2.24, 2.45) is 0 Å². The molecule has 2 heterocycles. The van der Waals surface area contributed by atoms with Gasteiger partial charge < -0.3 is 15.7 Å². The van der Waals surface area contributed by atoms with Crippen molar-refractivity contribution < 1.29 is 14.3 Å². The molecule has 34 heavy (non-hydrogen) atoms. The number of nitrogens with zero attached hydrogens (tertiary/aromatic N) is 3. The van der Waals surface area contributed by atoms with Gasteiger partial charge in [0, 0.05) is 36.0 Å². The number of piperidine rings is 1. The Balaban J connectivity index is 1.60. The highest BCUT2D eigenvalue weighted by Crippen LogP contribution is 2.35. The highest BCUT2D eigenvalue weighted by atomic mass is 35.5. The van der Waals surface area contributed by atoms with Crippen molar-refractivity contribution in [1.82, 2.24) is 9.88 Å². The van der Waals surface area contributed by atoms with Crippen LogP contribution in [0.1, 0.15) is 24.8 Å². The van der Waals surface area contributed by atoms with Crippen molar-refractivity contribution in [3.63, 3.8) is 0 Å². The number of anilines is 3. The lowest BCUT2D eigenvalue weighted by Crippen LogP contribution is -2.29. The summed E-state index contributed by atoms with van der Waals surface area (Å²) in [6.07, 6.45) is 8.21. The SMILES string of the molecule is N#Cc1cnc2cc(O)c(NC(=O)/C=C/CN3CCCCC3)cc2c1Nc1ccc(F)c(Cl)c1. The Morgan fingerprint density at radius 2 is 2.06 bits per heavy atom. The van der Waals surface area contributed by atoms with E-state index in [0.29, 0.717) is 28.8 Å². The number of aromatic nitrogens is 1. The first-order valence-corrected chi connectivity index (χ1v) is 11.3. The first-order chi connectivity index (χ1) is 16.4. The van der Waals surface area contributed by atoms with Crippen LogP contribution < -0.4 is 10.6 Å². The highest BCUT2D eigenvalue weighted by Gasteiger charge is 2.15. The average molecular weight is 480 g/mol. The lowest BCUT2D eigenvalue weighted by Gasteiger charge is -2.24. The van der Waals surface area contributed by atoms with Crippen molar-refractivity contribution >= 4 is 45.5 Å². The number of amides is 1. The maximum absolute atomic E-state index is 13.6. The second-order valence-corrected chi connectivity index (χ2v) is 8.46. The molecular formula is C25H23ClFN5O2. The van der Waals surface area contributed by atoms with E-state index in [2.05, 4.69) is 26.6 Å². The van der Waals surface area contributed by atoms with E-state index in [0.717, 1.165) is 13.1 Å². The fraction of sp³-hybridized carbons (Fsp3) is 0.240. The number of likely N-dealkylation sites (tertiary alicyclic amines) is 1. The molecule has 1 amide bonds. The van der Waals surface area contributed by atoms with Crippen molar-refractivity contribution in [3.8, 4) is 11.8 Å². The quantitative estimate of drug-likeness (QED) is 0.326. The summed E-state index contributed by atoms with van der Waals surface area (Å²) in [5.74, 6) is -1.09. The summed E-state index contributed by atoms with van der Waals surface area (Å²) in [6.45, 7) is 2.75. The molecule has 1 aromatic heterocycles. The van der Waals surface area contributed by atoms with Gasteiger partial charge in [0.25, 0.3) is 0 Å². The van der Waals surface area contributed by atoms with E-state index in [-0.39, 0.29) is 27.9 Å². The molecule has 1 aliphatic heterocycles. The number of rotatable bonds is 6. The van der Waals surface area contributed by atoms with Crippen LogP contribution in [0, 0.1) is 17.1 Å². The van der Waals surface area contributed by atoms with Crippen molar-refractivity contribution in [2.45, 2.75) is 19.3 Å². The van der Waals surface area contributed by atoms with Crippen LogP contribution in [0.25, 0.3) is 10.9 Å². The van der Waals surface area contributed by atoms with Gasteiger partial charge in [-0.3, -0.25) is 14.7 Å². The fourth-order valence-electron chi connectivity index (χ4n) is 3.89. The number of fused-ring (bicyclic) bond motifs is 1. The van der Waals surface area contributed by atoms with Gasteiger partial charge in [0.2, 0.25) is 5.91 Å². The second-order valence-electron chi connectivity index (χ2n) is 8.05. The number of hydrogen-bond donors (Lipinski definition) is 3. The molecule has 3 aromatic rings. The number of nitriles is 1. The number of phenolic OH excluding ortho intramolecular Hbond substituents is 1. The molecule has 3 N–H and O–H groups in total. The molecule has 0 unspecified atom stereocenters. The topological polar surface area (TPSA) is 101 Å². The van der Waals surface area contributed by atoms with Crippen molar-refractivity contribution in [1.29, 1.82) is 5.26 Å². The van der Waals surface area contributed by atoms with Crippen molar-refractivity contribution in [3.05, 3.63) is 65.1 Å². The van der Waals surface area contributed by atoms with E-state index in [1.165, 1.54) is 55.8 Å². The Morgan fingerprint density at radius 3 is 2.79 bits per heavy atom. The van der Waals surface area contributed by atoms with Gasteiger partial charge in [0.1, 0.15) is 17.6 Å². The molecule has 0 spiro atoms. The number of nitrogens with one attached hydrogen (secondary N) is 2. The second kappa shape index (κ2) is 10.5. The zero-order chi connectivity index (χ0) is 24.1. The van der Waals surface area contributed by atoms with Crippen LogP contribution in [0.15, 0.2) is 48.7 Å². The normalized spacial score (nSPS) is 14.3. The maximum Gasteiger partial charge on any atom is 0.248 e. The van der Waals surface area contributed by atoms with Gasteiger partial charge >= 0.3 is 0 Å². The third-order valence-corrected chi connectivity index (χ3v) is 5.92. The van der Waals surface area contributed by atoms with Gasteiger partial charge in [-0.05, 0) is 50.2 Å². The van der Waals surface area contributed by atoms with Crippen LogP contribution in [-0.2, 0) is 4.79 Å². The largest absolute Gasteiger partial charge is 0.506 e. The van der Waals surface area contributed by atoms with Crippen LogP contribution in [-0.4, -0.2) is 40.5 Å². The monoisotopic (exact) mass is 479 g/mol. The summed E-state index contributed by atoms with van der Waals surface area (Å²) in [6, 6.07) is 9.13. The fourth-order valence-corrected chi connectivity index (χ4v) is 4.07. The lowest BCUT2D eigenvalue weighted by molar-refractivity contribution is -0.111. The molecule has 1 aliphatic rings. The first-order valence-electron chi connectivity index (χ1n) is 10.9. The first kappa shape index (κ1) is 23.5. The molecule has 0 radical (unpaired) electrons. The molecule has 0 atom stereocenters. The summed E-state index contributed by atoms with van der Waals surface area (Å²) in [7, 11) is 0. The molecule has 4 rings (SSSR count). The minimum Gasteiger partial charge on any atom is -0.506 e. The van der Waals surface area contributed by atoms with Gasteiger partial charge in [-0.2, -0.15) is 5.26 Å². The molecule has 1 fully saturated rings. The van der Waals surface area contributed by atoms with Crippen LogP contribution in [0.3, 0.4) is 0 Å². The molecule has 2 aromatic carbocycles. The third-order valence-electron chi connectivity index (χ3n) is 5.63. The number of aromatic hydroxyl groups is 1. The molecule has 0 bridgehead atoms. The average Bonchev–Trinajstić information content (AvgIpc) is 2.83. The Labute approximate surface area is 201 Å². The Morgan fingerprint density at radius 1 is 1.26 bits per heavy atom. The molecule has 1 saturated heterocycles.